The fourth-order valence-electron chi connectivity index (χ4n) is 1.96. The van der Waals surface area contributed by atoms with Crippen LogP contribution in [0.1, 0.15) is 39.3 Å². The molecule has 1 fully saturated rings. The van der Waals surface area contributed by atoms with Crippen molar-refractivity contribution in [1.82, 2.24) is 9.97 Å². The molecule has 1 amide bonds. The van der Waals surface area contributed by atoms with E-state index in [1.165, 1.54) is 6.33 Å². The molecule has 1 aromatic rings. The second-order valence-electron chi connectivity index (χ2n) is 5.35. The van der Waals surface area contributed by atoms with Gasteiger partial charge in [-0.25, -0.2) is 9.97 Å². The van der Waals surface area contributed by atoms with Gasteiger partial charge in [0.25, 0.3) is 5.91 Å². The zero-order valence-electron chi connectivity index (χ0n) is 11.4. The highest BCUT2D eigenvalue weighted by molar-refractivity contribution is 5.93. The lowest BCUT2D eigenvalue weighted by atomic mass is 10.1. The lowest BCUT2D eigenvalue weighted by molar-refractivity contribution is -0.126. The van der Waals surface area contributed by atoms with Gasteiger partial charge in [0.15, 0.2) is 0 Å². The van der Waals surface area contributed by atoms with E-state index < -0.39 is 11.7 Å². The number of hydrogen-bond acceptors (Lipinski definition) is 5. The van der Waals surface area contributed by atoms with Crippen LogP contribution in [0.3, 0.4) is 0 Å². The van der Waals surface area contributed by atoms with E-state index in [1.807, 2.05) is 6.92 Å². The third-order valence-electron chi connectivity index (χ3n) is 3.07. The average Bonchev–Trinajstić information content (AvgIpc) is 2.75. The number of anilines is 1. The number of nitrogens with one attached hydrogen (secondary N) is 1. The highest BCUT2D eigenvalue weighted by Gasteiger charge is 2.28. The van der Waals surface area contributed by atoms with E-state index in [-0.39, 0.29) is 12.0 Å². The summed E-state index contributed by atoms with van der Waals surface area (Å²) in [7, 11) is 0. The van der Waals surface area contributed by atoms with Crippen LogP contribution >= 0.6 is 0 Å². The van der Waals surface area contributed by atoms with Crippen LogP contribution in [-0.4, -0.2) is 33.2 Å². The van der Waals surface area contributed by atoms with Gasteiger partial charge in [0.2, 0.25) is 0 Å². The Hall–Kier alpha value is -1.53. The van der Waals surface area contributed by atoms with Crippen LogP contribution in [-0.2, 0) is 15.1 Å². The molecule has 6 heteroatoms. The van der Waals surface area contributed by atoms with Gasteiger partial charge in [-0.2, -0.15) is 0 Å². The molecule has 0 aromatic carbocycles. The Kier molecular flexibility index (Phi) is 3.82. The first-order chi connectivity index (χ1) is 8.86. The maximum absolute atomic E-state index is 12.0. The molecule has 1 aliphatic heterocycles. The summed E-state index contributed by atoms with van der Waals surface area (Å²) >= 11 is 0. The molecule has 0 bridgehead atoms. The van der Waals surface area contributed by atoms with Gasteiger partial charge in [0, 0.05) is 6.07 Å². The highest BCUT2D eigenvalue weighted by Crippen LogP contribution is 2.21. The van der Waals surface area contributed by atoms with Gasteiger partial charge in [-0.05, 0) is 33.6 Å². The SMILES string of the molecule is CC1CCC(C(=O)Nc2cc(C(C)(C)O)ncn2)O1. The average molecular weight is 265 g/mol. The predicted octanol–water partition coefficient (Wildman–Crippen LogP) is 1.21. The second-order valence-corrected chi connectivity index (χ2v) is 5.35. The van der Waals surface area contributed by atoms with Crippen molar-refractivity contribution in [1.29, 1.82) is 0 Å². The van der Waals surface area contributed by atoms with Crippen molar-refractivity contribution in [2.45, 2.75) is 51.4 Å². The van der Waals surface area contributed by atoms with Crippen LogP contribution in [0.25, 0.3) is 0 Å². The molecule has 1 aromatic heterocycles. The van der Waals surface area contributed by atoms with Crippen LogP contribution in [0.2, 0.25) is 0 Å². The van der Waals surface area contributed by atoms with E-state index in [0.717, 1.165) is 12.8 Å². The Morgan fingerprint density at radius 2 is 2.21 bits per heavy atom. The Morgan fingerprint density at radius 3 is 2.79 bits per heavy atom. The molecule has 0 spiro atoms. The van der Waals surface area contributed by atoms with Gasteiger partial charge < -0.3 is 15.2 Å². The van der Waals surface area contributed by atoms with Gasteiger partial charge in [0.05, 0.1) is 11.8 Å². The summed E-state index contributed by atoms with van der Waals surface area (Å²) in [5, 5.41) is 12.6. The largest absolute Gasteiger partial charge is 0.384 e. The van der Waals surface area contributed by atoms with E-state index in [0.29, 0.717) is 11.5 Å². The topological polar surface area (TPSA) is 84.3 Å². The number of hydrogen-bond donors (Lipinski definition) is 2. The summed E-state index contributed by atoms with van der Waals surface area (Å²) in [6.07, 6.45) is 2.62. The number of carbonyl (C=O) groups excluding carboxylic acids is 1. The van der Waals surface area contributed by atoms with E-state index in [2.05, 4.69) is 15.3 Å². The molecule has 0 saturated carbocycles. The molecule has 2 unspecified atom stereocenters. The Labute approximate surface area is 112 Å². The van der Waals surface area contributed by atoms with Crippen molar-refractivity contribution in [3.05, 3.63) is 18.1 Å². The van der Waals surface area contributed by atoms with Crippen LogP contribution in [0.5, 0.6) is 0 Å². The first-order valence-corrected chi connectivity index (χ1v) is 6.37. The molecule has 0 radical (unpaired) electrons. The van der Waals surface area contributed by atoms with Crippen molar-refractivity contribution >= 4 is 11.7 Å². The summed E-state index contributed by atoms with van der Waals surface area (Å²) in [6.45, 7) is 5.20. The van der Waals surface area contributed by atoms with Crippen molar-refractivity contribution in [3.8, 4) is 0 Å². The Bertz CT molecular complexity index is 470. The number of carbonyl (C=O) groups is 1. The number of rotatable bonds is 3. The molecular formula is C13H19N3O3. The molecule has 1 saturated heterocycles. The maximum Gasteiger partial charge on any atom is 0.254 e. The van der Waals surface area contributed by atoms with E-state index in [1.54, 1.807) is 19.9 Å². The minimum Gasteiger partial charge on any atom is -0.384 e. The molecule has 1 aliphatic rings. The summed E-state index contributed by atoms with van der Waals surface area (Å²) in [5.74, 6) is 0.171. The molecule has 2 rings (SSSR count). The molecule has 2 N–H and O–H groups in total. The number of amides is 1. The lowest BCUT2D eigenvalue weighted by Crippen LogP contribution is -2.28. The van der Waals surface area contributed by atoms with Gasteiger partial charge in [0.1, 0.15) is 23.9 Å². The number of aromatic nitrogens is 2. The number of ether oxygens (including phenoxy) is 1. The zero-order valence-corrected chi connectivity index (χ0v) is 11.4. The molecule has 104 valence electrons. The summed E-state index contributed by atoms with van der Waals surface area (Å²) in [5.41, 5.74) is -0.612. The maximum atomic E-state index is 12.0. The number of nitrogens with zero attached hydrogens (tertiary/aromatic N) is 2. The number of aliphatic hydroxyl groups is 1. The minimum absolute atomic E-state index is 0.119. The first kappa shape index (κ1) is 13.9. The van der Waals surface area contributed by atoms with Gasteiger partial charge in [-0.1, -0.05) is 0 Å². The predicted molar refractivity (Wildman–Crippen MR) is 69.5 cm³/mol. The normalized spacial score (nSPS) is 23.4. The monoisotopic (exact) mass is 265 g/mol. The third kappa shape index (κ3) is 3.48. The molecule has 2 atom stereocenters. The molecule has 6 nitrogen and oxygen atoms in total. The fourth-order valence-corrected chi connectivity index (χ4v) is 1.96. The minimum atomic E-state index is -1.07. The fraction of sp³-hybridized carbons (Fsp3) is 0.615. The summed E-state index contributed by atoms with van der Waals surface area (Å²) in [4.78, 5) is 19.9. The van der Waals surface area contributed by atoms with Crippen LogP contribution in [0.15, 0.2) is 12.4 Å². The molecule has 19 heavy (non-hydrogen) atoms. The van der Waals surface area contributed by atoms with Crippen molar-refractivity contribution in [2.24, 2.45) is 0 Å². The van der Waals surface area contributed by atoms with E-state index >= 15 is 0 Å². The highest BCUT2D eigenvalue weighted by atomic mass is 16.5. The lowest BCUT2D eigenvalue weighted by Gasteiger charge is -2.17. The Morgan fingerprint density at radius 1 is 1.47 bits per heavy atom. The second kappa shape index (κ2) is 5.22. The van der Waals surface area contributed by atoms with Gasteiger partial charge in [-0.3, -0.25) is 4.79 Å². The third-order valence-corrected chi connectivity index (χ3v) is 3.07. The van der Waals surface area contributed by atoms with Gasteiger partial charge in [-0.15, -0.1) is 0 Å². The van der Waals surface area contributed by atoms with Crippen LogP contribution in [0.4, 0.5) is 5.82 Å². The summed E-state index contributed by atoms with van der Waals surface area (Å²) < 4.78 is 5.49. The van der Waals surface area contributed by atoms with Crippen LogP contribution in [0, 0.1) is 0 Å². The van der Waals surface area contributed by atoms with Crippen LogP contribution < -0.4 is 5.32 Å². The standard InChI is InChI=1S/C13H19N3O3/c1-8-4-5-9(19-8)12(17)16-11-6-10(13(2,3)18)14-7-15-11/h6-9,18H,4-5H2,1-3H3,(H,14,15,16,17). The molecule has 0 aliphatic carbocycles. The quantitative estimate of drug-likeness (QED) is 0.858. The van der Waals surface area contributed by atoms with Gasteiger partial charge >= 0.3 is 0 Å². The van der Waals surface area contributed by atoms with E-state index in [4.69, 9.17) is 4.74 Å². The Balaban J connectivity index is 2.05. The smallest absolute Gasteiger partial charge is 0.254 e. The van der Waals surface area contributed by atoms with Crippen molar-refractivity contribution in [3.63, 3.8) is 0 Å². The van der Waals surface area contributed by atoms with Crippen molar-refractivity contribution in [2.75, 3.05) is 5.32 Å². The van der Waals surface area contributed by atoms with E-state index in [9.17, 15) is 9.90 Å². The molecular weight excluding hydrogens is 246 g/mol. The zero-order chi connectivity index (χ0) is 14.0. The summed E-state index contributed by atoms with van der Waals surface area (Å²) in [6, 6.07) is 1.57. The first-order valence-electron chi connectivity index (χ1n) is 6.37. The molecule has 2 heterocycles. The van der Waals surface area contributed by atoms with Crippen molar-refractivity contribution < 1.29 is 14.6 Å².